The molecule has 0 saturated heterocycles. The molecule has 3 rings (SSSR count). The molecule has 2 heterocycles. The van der Waals surface area contributed by atoms with Crippen molar-refractivity contribution in [1.29, 1.82) is 0 Å². The Balaban J connectivity index is 1.93. The molecule has 0 saturated carbocycles. The molecule has 2 atom stereocenters. The first-order valence-corrected chi connectivity index (χ1v) is 11.7. The van der Waals surface area contributed by atoms with E-state index in [0.717, 1.165) is 6.07 Å². The molecule has 14 heteroatoms. The van der Waals surface area contributed by atoms with Gasteiger partial charge in [0.2, 0.25) is 0 Å². The van der Waals surface area contributed by atoms with Crippen molar-refractivity contribution in [3.8, 4) is 12.3 Å². The van der Waals surface area contributed by atoms with Crippen LogP contribution in [0.2, 0.25) is 10.0 Å². The number of carbonyl (C=O) groups is 4. The van der Waals surface area contributed by atoms with Gasteiger partial charge in [-0.05, 0) is 6.07 Å². The van der Waals surface area contributed by atoms with Crippen molar-refractivity contribution in [3.05, 3.63) is 69.2 Å². The second kappa shape index (κ2) is 12.8. The molecule has 0 fully saturated rings. The van der Waals surface area contributed by atoms with Crippen molar-refractivity contribution >= 4 is 47.0 Å². The number of hydrogen-bond acceptors (Lipinski definition) is 8. The Labute approximate surface area is 226 Å². The number of esters is 2. The van der Waals surface area contributed by atoms with Crippen LogP contribution in [-0.4, -0.2) is 70.0 Å². The predicted molar refractivity (Wildman–Crippen MR) is 136 cm³/mol. The van der Waals surface area contributed by atoms with E-state index in [1.54, 1.807) is 0 Å². The number of terminal acetylenes is 1. The van der Waals surface area contributed by atoms with E-state index < -0.39 is 35.8 Å². The number of H-pyrrole nitrogens is 2. The molecule has 0 aliphatic heterocycles. The van der Waals surface area contributed by atoms with Gasteiger partial charge in [-0.25, -0.2) is 19.6 Å². The molecule has 0 radical (unpaired) electrons. The minimum absolute atomic E-state index is 0.0351. The number of hydrogen-bond donors (Lipinski definition) is 4. The molecule has 38 heavy (non-hydrogen) atoms. The molecular formula is C24H22Cl2N6O6. The summed E-state index contributed by atoms with van der Waals surface area (Å²) in [6, 6.07) is -1.13. The van der Waals surface area contributed by atoms with Gasteiger partial charge in [-0.3, -0.25) is 9.59 Å². The molecule has 0 aliphatic rings. The zero-order chi connectivity index (χ0) is 27.8. The summed E-state index contributed by atoms with van der Waals surface area (Å²) in [7, 11) is 2.34. The maximum atomic E-state index is 13.2. The number of aromatic nitrogens is 4. The largest absolute Gasteiger partial charge is 0.467 e. The summed E-state index contributed by atoms with van der Waals surface area (Å²) in [6.45, 7) is 0. The van der Waals surface area contributed by atoms with Crippen LogP contribution >= 0.6 is 23.2 Å². The van der Waals surface area contributed by atoms with Crippen LogP contribution in [0.1, 0.15) is 37.7 Å². The number of aromatic amines is 2. The normalized spacial score (nSPS) is 12.1. The highest BCUT2D eigenvalue weighted by molar-refractivity contribution is 6.40. The fraction of sp³-hybridized carbons (Fsp3) is 0.250. The van der Waals surface area contributed by atoms with Crippen molar-refractivity contribution in [2.75, 3.05) is 14.2 Å². The maximum absolute atomic E-state index is 13.2. The van der Waals surface area contributed by atoms with E-state index in [-0.39, 0.29) is 39.6 Å². The standard InChI is InChI=1S/C24H22Cl2N6O6/c1-4-14-19(25)15(21(33)31-17(23(35)37-2)5-12-8-27-10-29-12)7-16(20(14)26)22(34)32-18(24(36)38-3)6-13-9-28-11-30-13/h1,7-11,17-18H,5-6H2,2-3H3,(H,27,29)(H,28,30)(H,31,33)(H,32,34)/t17-,18+. The number of nitrogens with one attached hydrogen (secondary N) is 4. The van der Waals surface area contributed by atoms with Gasteiger partial charge in [0.25, 0.3) is 11.8 Å². The van der Waals surface area contributed by atoms with Crippen LogP contribution < -0.4 is 10.6 Å². The topological polar surface area (TPSA) is 168 Å². The van der Waals surface area contributed by atoms with Crippen molar-refractivity contribution in [2.24, 2.45) is 0 Å². The van der Waals surface area contributed by atoms with Gasteiger partial charge in [0.05, 0.1) is 53.6 Å². The Morgan fingerprint density at radius 3 is 1.63 bits per heavy atom. The average molecular weight is 561 g/mol. The van der Waals surface area contributed by atoms with E-state index in [0.29, 0.717) is 11.4 Å². The van der Waals surface area contributed by atoms with Gasteiger partial charge in [0, 0.05) is 36.6 Å². The summed E-state index contributed by atoms with van der Waals surface area (Å²) in [5.41, 5.74) is 0.529. The molecule has 2 aromatic heterocycles. The lowest BCUT2D eigenvalue weighted by atomic mass is 10.0. The van der Waals surface area contributed by atoms with Crippen molar-refractivity contribution in [2.45, 2.75) is 24.9 Å². The highest BCUT2D eigenvalue weighted by Gasteiger charge is 2.29. The highest BCUT2D eigenvalue weighted by Crippen LogP contribution is 2.31. The molecule has 0 aliphatic carbocycles. The summed E-state index contributed by atoms with van der Waals surface area (Å²) in [5.74, 6) is -0.840. The maximum Gasteiger partial charge on any atom is 0.328 e. The minimum Gasteiger partial charge on any atom is -0.467 e. The molecule has 0 spiro atoms. The summed E-state index contributed by atoms with van der Waals surface area (Å²) in [4.78, 5) is 64.5. The second-order valence-corrected chi connectivity index (χ2v) is 8.54. The summed E-state index contributed by atoms with van der Waals surface area (Å²) < 4.78 is 9.57. The monoisotopic (exact) mass is 560 g/mol. The average Bonchev–Trinajstić information content (AvgIpc) is 3.61. The van der Waals surface area contributed by atoms with E-state index in [9.17, 15) is 19.2 Å². The Morgan fingerprint density at radius 1 is 0.895 bits per heavy atom. The van der Waals surface area contributed by atoms with Crippen molar-refractivity contribution in [3.63, 3.8) is 0 Å². The van der Waals surface area contributed by atoms with Crippen LogP contribution in [0.4, 0.5) is 0 Å². The zero-order valence-electron chi connectivity index (χ0n) is 20.1. The predicted octanol–water partition coefficient (Wildman–Crippen LogP) is 1.45. The number of imidazole rings is 2. The third-order valence-corrected chi connectivity index (χ3v) is 6.16. The van der Waals surface area contributed by atoms with Gasteiger partial charge < -0.3 is 30.1 Å². The molecule has 12 nitrogen and oxygen atoms in total. The summed E-state index contributed by atoms with van der Waals surface area (Å²) in [6.07, 6.45) is 11.4. The molecule has 0 bridgehead atoms. The fourth-order valence-electron chi connectivity index (χ4n) is 3.47. The van der Waals surface area contributed by atoms with Gasteiger partial charge in [-0.2, -0.15) is 0 Å². The molecule has 198 valence electrons. The van der Waals surface area contributed by atoms with Gasteiger partial charge in [0.1, 0.15) is 12.1 Å². The quantitative estimate of drug-likeness (QED) is 0.213. The van der Waals surface area contributed by atoms with Crippen LogP contribution in [0.15, 0.2) is 31.1 Å². The third kappa shape index (κ3) is 6.50. The number of ether oxygens (including phenoxy) is 2. The number of rotatable bonds is 10. The first-order valence-electron chi connectivity index (χ1n) is 10.9. The van der Waals surface area contributed by atoms with E-state index >= 15 is 0 Å². The molecule has 3 aromatic rings. The zero-order valence-corrected chi connectivity index (χ0v) is 21.6. The smallest absolute Gasteiger partial charge is 0.328 e. The molecule has 4 N–H and O–H groups in total. The summed E-state index contributed by atoms with van der Waals surface area (Å²) in [5, 5.41) is 4.63. The van der Waals surface area contributed by atoms with Crippen LogP contribution in [0.5, 0.6) is 0 Å². The van der Waals surface area contributed by atoms with E-state index in [1.165, 1.54) is 39.3 Å². The van der Waals surface area contributed by atoms with Crippen LogP contribution in [0.25, 0.3) is 0 Å². The van der Waals surface area contributed by atoms with Crippen LogP contribution in [0, 0.1) is 12.3 Å². The van der Waals surface area contributed by atoms with Crippen molar-refractivity contribution in [1.82, 2.24) is 30.6 Å². The number of nitrogens with zero attached hydrogens (tertiary/aromatic N) is 2. The Bertz CT molecular complexity index is 1270. The first kappa shape index (κ1) is 28.2. The molecular weight excluding hydrogens is 539 g/mol. The molecule has 2 amide bonds. The summed E-state index contributed by atoms with van der Waals surface area (Å²) >= 11 is 12.7. The Hall–Kier alpha value is -4.34. The van der Waals surface area contributed by atoms with Crippen LogP contribution in [0.3, 0.4) is 0 Å². The number of halogens is 2. The van der Waals surface area contributed by atoms with Gasteiger partial charge in [-0.1, -0.05) is 29.1 Å². The first-order chi connectivity index (χ1) is 18.2. The Morgan fingerprint density at radius 2 is 1.32 bits per heavy atom. The Kier molecular flexibility index (Phi) is 9.48. The number of amides is 2. The van der Waals surface area contributed by atoms with Gasteiger partial charge in [0.15, 0.2) is 0 Å². The lowest BCUT2D eigenvalue weighted by molar-refractivity contribution is -0.143. The number of methoxy groups -OCH3 is 2. The van der Waals surface area contributed by atoms with Gasteiger partial charge in [-0.15, -0.1) is 6.42 Å². The molecule has 0 unspecified atom stereocenters. The lowest BCUT2D eigenvalue weighted by Gasteiger charge is -2.19. The van der Waals surface area contributed by atoms with Crippen molar-refractivity contribution < 1.29 is 28.7 Å². The fourth-order valence-corrected chi connectivity index (χ4v) is 4.10. The van der Waals surface area contributed by atoms with E-state index in [2.05, 4.69) is 36.5 Å². The lowest BCUT2D eigenvalue weighted by Crippen LogP contribution is -2.44. The SMILES string of the molecule is C#Cc1c(Cl)c(C(=O)N[C@@H](Cc2cnc[nH]2)C(=O)OC)cc(C(=O)N[C@H](Cc2cnc[nH]2)C(=O)OC)c1Cl. The van der Waals surface area contributed by atoms with E-state index in [4.69, 9.17) is 39.1 Å². The third-order valence-electron chi connectivity index (χ3n) is 5.37. The number of benzene rings is 1. The highest BCUT2D eigenvalue weighted by atomic mass is 35.5. The minimum atomic E-state index is -1.12. The van der Waals surface area contributed by atoms with Crippen LogP contribution in [-0.2, 0) is 31.9 Å². The van der Waals surface area contributed by atoms with E-state index in [1.807, 2.05) is 0 Å². The number of carbonyl (C=O) groups excluding carboxylic acids is 4. The van der Waals surface area contributed by atoms with Gasteiger partial charge >= 0.3 is 11.9 Å². The molecule has 1 aromatic carbocycles. The second-order valence-electron chi connectivity index (χ2n) is 7.78.